The Labute approximate surface area is 210 Å². The third-order valence-corrected chi connectivity index (χ3v) is 6.54. The van der Waals surface area contributed by atoms with Gasteiger partial charge in [0.05, 0.1) is 29.3 Å². The molecule has 0 saturated heterocycles. The maximum absolute atomic E-state index is 13.9. The van der Waals surface area contributed by atoms with Crippen molar-refractivity contribution in [3.05, 3.63) is 88.9 Å². The van der Waals surface area contributed by atoms with E-state index in [1.54, 1.807) is 6.92 Å². The van der Waals surface area contributed by atoms with Crippen LogP contribution in [0.2, 0.25) is 0 Å². The maximum Gasteiger partial charge on any atom is 0.219 e. The van der Waals surface area contributed by atoms with E-state index >= 15 is 0 Å². The number of aromatic nitrogens is 4. The summed E-state index contributed by atoms with van der Waals surface area (Å²) in [5.41, 5.74) is 11.3. The molecule has 0 bridgehead atoms. The van der Waals surface area contributed by atoms with Gasteiger partial charge in [0.2, 0.25) is 17.4 Å². The van der Waals surface area contributed by atoms with Crippen LogP contribution in [0.3, 0.4) is 0 Å². The normalized spacial score (nSPS) is 12.8. The first-order chi connectivity index (χ1) is 17.9. The number of nitrogens with one attached hydrogen (secondary N) is 2. The zero-order chi connectivity index (χ0) is 25.7. The molecule has 0 fully saturated rings. The predicted molar refractivity (Wildman–Crippen MR) is 135 cm³/mol. The molecule has 186 valence electrons. The van der Waals surface area contributed by atoms with Crippen molar-refractivity contribution in [3.63, 3.8) is 0 Å². The molecule has 4 heterocycles. The van der Waals surface area contributed by atoms with Crippen LogP contribution >= 0.6 is 0 Å². The number of nitrogens with zero attached hydrogens (tertiary/aromatic N) is 3. The average Bonchev–Trinajstić information content (AvgIpc) is 3.50. The second-order valence-corrected chi connectivity index (χ2v) is 8.91. The molecule has 1 aliphatic heterocycles. The van der Waals surface area contributed by atoms with Crippen LogP contribution < -0.4 is 15.8 Å². The van der Waals surface area contributed by atoms with Gasteiger partial charge in [-0.2, -0.15) is 5.10 Å². The summed E-state index contributed by atoms with van der Waals surface area (Å²) in [4.78, 5) is 20.7. The first-order valence-corrected chi connectivity index (χ1v) is 11.8. The molecule has 0 atom stereocenters. The summed E-state index contributed by atoms with van der Waals surface area (Å²) in [7, 11) is 0. The van der Waals surface area contributed by atoms with Gasteiger partial charge >= 0.3 is 0 Å². The molecule has 6 rings (SSSR count). The number of H-pyrrole nitrogens is 1. The van der Waals surface area contributed by atoms with Gasteiger partial charge in [0.1, 0.15) is 5.82 Å². The minimum absolute atomic E-state index is 0.00294. The molecule has 10 heteroatoms. The van der Waals surface area contributed by atoms with Crippen molar-refractivity contribution in [3.8, 4) is 17.3 Å². The topological polar surface area (TPSA) is 111 Å². The van der Waals surface area contributed by atoms with Gasteiger partial charge in [-0.1, -0.05) is 6.07 Å². The number of anilines is 2. The SMILES string of the molecule is Cc1cc(Oc2c(F)cccc2F)ncc1-n1ncc(C(=O)c2cc3c4c(ccc3[nH]2)NCCC4)c1N. The molecule has 4 N–H and O–H groups in total. The molecule has 3 aromatic heterocycles. The minimum Gasteiger partial charge on any atom is -0.433 e. The van der Waals surface area contributed by atoms with Crippen molar-refractivity contribution >= 4 is 28.2 Å². The van der Waals surface area contributed by atoms with E-state index in [9.17, 15) is 13.6 Å². The minimum atomic E-state index is -0.836. The highest BCUT2D eigenvalue weighted by Gasteiger charge is 2.22. The maximum atomic E-state index is 13.9. The van der Waals surface area contributed by atoms with Gasteiger partial charge in [-0.3, -0.25) is 4.79 Å². The average molecular weight is 501 g/mol. The quantitative estimate of drug-likeness (QED) is 0.283. The number of ketones is 1. The third kappa shape index (κ3) is 3.86. The van der Waals surface area contributed by atoms with Gasteiger partial charge in [-0.25, -0.2) is 18.4 Å². The zero-order valence-electron chi connectivity index (χ0n) is 19.8. The third-order valence-electron chi connectivity index (χ3n) is 6.54. The number of carbonyl (C=O) groups excluding carboxylic acids is 1. The van der Waals surface area contributed by atoms with Crippen molar-refractivity contribution in [2.45, 2.75) is 19.8 Å². The van der Waals surface area contributed by atoms with Crippen molar-refractivity contribution in [1.82, 2.24) is 19.7 Å². The van der Waals surface area contributed by atoms with E-state index in [1.807, 2.05) is 18.2 Å². The van der Waals surface area contributed by atoms with E-state index in [-0.39, 0.29) is 23.0 Å². The van der Waals surface area contributed by atoms with Gasteiger partial charge in [0, 0.05) is 29.2 Å². The van der Waals surface area contributed by atoms with Crippen molar-refractivity contribution < 1.29 is 18.3 Å². The Morgan fingerprint density at radius 2 is 1.95 bits per heavy atom. The highest BCUT2D eigenvalue weighted by Crippen LogP contribution is 2.32. The fourth-order valence-electron chi connectivity index (χ4n) is 4.66. The van der Waals surface area contributed by atoms with Crippen LogP contribution in [0.5, 0.6) is 11.6 Å². The summed E-state index contributed by atoms with van der Waals surface area (Å²) >= 11 is 0. The fourth-order valence-corrected chi connectivity index (χ4v) is 4.66. The van der Waals surface area contributed by atoms with Crippen LogP contribution in [0.1, 0.15) is 33.6 Å². The number of ether oxygens (including phenoxy) is 1. The standard InChI is InChI=1S/C27H22F2N6O2/c1-14-10-24(37-26-18(28)5-2-6-19(26)29)32-13-23(14)35-27(30)17(12-33-35)25(36)22-11-16-15-4-3-9-31-20(15)7-8-21(16)34-22/h2,5-8,10-13,31,34H,3-4,9,30H2,1H3. The number of halogens is 2. The molecular weight excluding hydrogens is 478 g/mol. The van der Waals surface area contributed by atoms with E-state index in [1.165, 1.54) is 34.8 Å². The largest absolute Gasteiger partial charge is 0.433 e. The van der Waals surface area contributed by atoms with Gasteiger partial charge < -0.3 is 20.8 Å². The van der Waals surface area contributed by atoms with Crippen LogP contribution in [0.4, 0.5) is 20.3 Å². The summed E-state index contributed by atoms with van der Waals surface area (Å²) in [5.74, 6) is -2.34. The Morgan fingerprint density at radius 3 is 2.73 bits per heavy atom. The zero-order valence-corrected chi connectivity index (χ0v) is 19.8. The molecule has 37 heavy (non-hydrogen) atoms. The Bertz CT molecular complexity index is 1670. The smallest absolute Gasteiger partial charge is 0.219 e. The van der Waals surface area contributed by atoms with Gasteiger partial charge in [0.25, 0.3) is 0 Å². The molecule has 1 aliphatic rings. The fraction of sp³-hybridized carbons (Fsp3) is 0.148. The lowest BCUT2D eigenvalue weighted by atomic mass is 9.99. The first-order valence-electron chi connectivity index (χ1n) is 11.8. The predicted octanol–water partition coefficient (Wildman–Crippen LogP) is 5.30. The number of hydrogen-bond donors (Lipinski definition) is 3. The van der Waals surface area contributed by atoms with Crippen LogP contribution in [0.15, 0.2) is 54.9 Å². The summed E-state index contributed by atoms with van der Waals surface area (Å²) in [6.07, 6.45) is 4.82. The highest BCUT2D eigenvalue weighted by atomic mass is 19.1. The van der Waals surface area contributed by atoms with E-state index in [0.717, 1.165) is 48.1 Å². The number of pyridine rings is 1. The van der Waals surface area contributed by atoms with Crippen LogP contribution in [-0.2, 0) is 6.42 Å². The molecule has 0 amide bonds. The number of nitrogen functional groups attached to an aromatic ring is 1. The van der Waals surface area contributed by atoms with E-state index in [0.29, 0.717) is 16.9 Å². The summed E-state index contributed by atoms with van der Waals surface area (Å²) in [6.45, 7) is 2.69. The number of nitrogens with two attached hydrogens (primary N) is 1. The molecule has 8 nitrogen and oxygen atoms in total. The number of carbonyl (C=O) groups is 1. The number of para-hydroxylation sites is 1. The van der Waals surface area contributed by atoms with Gasteiger partial charge in [0.15, 0.2) is 11.6 Å². The van der Waals surface area contributed by atoms with E-state index in [4.69, 9.17) is 10.5 Å². The second-order valence-electron chi connectivity index (χ2n) is 8.91. The highest BCUT2D eigenvalue weighted by molar-refractivity contribution is 6.13. The molecule has 0 saturated carbocycles. The number of fused-ring (bicyclic) bond motifs is 3. The van der Waals surface area contributed by atoms with Crippen LogP contribution in [-0.4, -0.2) is 32.1 Å². The number of aromatic amines is 1. The van der Waals surface area contributed by atoms with Crippen molar-refractivity contribution in [1.29, 1.82) is 0 Å². The first kappa shape index (κ1) is 22.7. The number of aryl methyl sites for hydroxylation is 2. The van der Waals surface area contributed by atoms with Gasteiger partial charge in [-0.15, -0.1) is 0 Å². The molecular formula is C27H22F2N6O2. The van der Waals surface area contributed by atoms with Gasteiger partial charge in [-0.05, 0) is 61.2 Å². The molecule has 0 radical (unpaired) electrons. The molecule has 0 spiro atoms. The Hall–Kier alpha value is -4.73. The number of rotatable bonds is 5. The molecule has 0 unspecified atom stereocenters. The summed E-state index contributed by atoms with van der Waals surface area (Å²) in [5, 5.41) is 8.72. The number of hydrogen-bond acceptors (Lipinski definition) is 6. The summed E-state index contributed by atoms with van der Waals surface area (Å²) < 4.78 is 34.6. The lowest BCUT2D eigenvalue weighted by molar-refractivity contribution is 0.103. The summed E-state index contributed by atoms with van der Waals surface area (Å²) in [6, 6.07) is 10.8. The van der Waals surface area contributed by atoms with Crippen molar-refractivity contribution in [2.24, 2.45) is 0 Å². The van der Waals surface area contributed by atoms with Crippen molar-refractivity contribution in [2.75, 3.05) is 17.6 Å². The Morgan fingerprint density at radius 1 is 1.14 bits per heavy atom. The lowest BCUT2D eigenvalue weighted by Gasteiger charge is -2.18. The monoisotopic (exact) mass is 500 g/mol. The van der Waals surface area contributed by atoms with E-state index in [2.05, 4.69) is 20.4 Å². The van der Waals surface area contributed by atoms with Crippen LogP contribution in [0.25, 0.3) is 16.6 Å². The van der Waals surface area contributed by atoms with E-state index < -0.39 is 17.4 Å². The molecule has 0 aliphatic carbocycles. The number of benzene rings is 2. The lowest BCUT2D eigenvalue weighted by Crippen LogP contribution is -2.11. The van der Waals surface area contributed by atoms with Crippen LogP contribution in [0, 0.1) is 18.6 Å². The second kappa shape index (κ2) is 8.74. The molecule has 2 aromatic carbocycles. The molecule has 5 aromatic rings. The Balaban J connectivity index is 1.30. The Kier molecular flexibility index (Phi) is 5.36.